The summed E-state index contributed by atoms with van der Waals surface area (Å²) in [7, 11) is 0. The van der Waals surface area contributed by atoms with Gasteiger partial charge in [0.1, 0.15) is 6.61 Å². The quantitative estimate of drug-likeness (QED) is 0.808. The fourth-order valence-electron chi connectivity index (χ4n) is 1.83. The highest BCUT2D eigenvalue weighted by molar-refractivity contribution is 7.10. The van der Waals surface area contributed by atoms with Gasteiger partial charge in [-0.2, -0.15) is 0 Å². The zero-order valence-corrected chi connectivity index (χ0v) is 10.4. The maximum absolute atomic E-state index is 8.70. The SMILES string of the molecule is CCN(Cc1sccc1C#CCO)C1CC1. The number of thiophene rings is 1. The van der Waals surface area contributed by atoms with E-state index in [2.05, 4.69) is 29.0 Å². The minimum atomic E-state index is -0.0601. The molecule has 0 radical (unpaired) electrons. The third-order valence-corrected chi connectivity index (χ3v) is 3.77. The molecular weight excluding hydrogens is 218 g/mol. The lowest BCUT2D eigenvalue weighted by molar-refractivity contribution is 0.271. The van der Waals surface area contributed by atoms with Crippen LogP contribution in [0.25, 0.3) is 0 Å². The third kappa shape index (κ3) is 2.85. The zero-order valence-electron chi connectivity index (χ0n) is 9.57. The van der Waals surface area contributed by atoms with Crippen LogP contribution in [0.2, 0.25) is 0 Å². The van der Waals surface area contributed by atoms with Crippen LogP contribution in [0.15, 0.2) is 11.4 Å². The normalized spacial score (nSPS) is 14.9. The van der Waals surface area contributed by atoms with Gasteiger partial charge >= 0.3 is 0 Å². The molecule has 0 saturated heterocycles. The summed E-state index contributed by atoms with van der Waals surface area (Å²) in [4.78, 5) is 3.84. The van der Waals surface area contributed by atoms with Crippen LogP contribution in [0.5, 0.6) is 0 Å². The van der Waals surface area contributed by atoms with Gasteiger partial charge in [-0.05, 0) is 30.8 Å². The Kier molecular flexibility index (Phi) is 4.00. The van der Waals surface area contributed by atoms with Crippen molar-refractivity contribution in [1.29, 1.82) is 0 Å². The van der Waals surface area contributed by atoms with Crippen molar-refractivity contribution in [3.05, 3.63) is 21.9 Å². The van der Waals surface area contributed by atoms with E-state index in [9.17, 15) is 0 Å². The Bertz CT molecular complexity index is 398. The molecule has 0 amide bonds. The highest BCUT2D eigenvalue weighted by Gasteiger charge is 2.28. The third-order valence-electron chi connectivity index (χ3n) is 2.86. The molecule has 1 N–H and O–H groups in total. The summed E-state index contributed by atoms with van der Waals surface area (Å²) in [5.74, 6) is 5.74. The van der Waals surface area contributed by atoms with Crippen molar-refractivity contribution >= 4 is 11.3 Å². The van der Waals surface area contributed by atoms with Crippen LogP contribution in [0, 0.1) is 11.8 Å². The first kappa shape index (κ1) is 11.7. The maximum Gasteiger partial charge on any atom is 0.104 e. The van der Waals surface area contributed by atoms with Crippen LogP contribution in [-0.4, -0.2) is 29.2 Å². The number of aliphatic hydroxyl groups is 1. The van der Waals surface area contributed by atoms with Crippen molar-refractivity contribution in [1.82, 2.24) is 4.90 Å². The van der Waals surface area contributed by atoms with Crippen LogP contribution < -0.4 is 0 Å². The summed E-state index contributed by atoms with van der Waals surface area (Å²) < 4.78 is 0. The molecule has 3 heteroatoms. The molecule has 2 nitrogen and oxygen atoms in total. The fourth-order valence-corrected chi connectivity index (χ4v) is 2.69. The van der Waals surface area contributed by atoms with E-state index < -0.39 is 0 Å². The van der Waals surface area contributed by atoms with E-state index in [0.717, 1.165) is 24.7 Å². The van der Waals surface area contributed by atoms with E-state index in [1.54, 1.807) is 11.3 Å². The van der Waals surface area contributed by atoms with Crippen molar-refractivity contribution in [2.75, 3.05) is 13.2 Å². The first-order chi connectivity index (χ1) is 7.85. The topological polar surface area (TPSA) is 23.5 Å². The molecule has 0 spiro atoms. The van der Waals surface area contributed by atoms with Crippen LogP contribution in [-0.2, 0) is 6.54 Å². The second-order valence-corrected chi connectivity index (χ2v) is 5.01. The zero-order chi connectivity index (χ0) is 11.4. The van der Waals surface area contributed by atoms with Crippen molar-refractivity contribution in [3.63, 3.8) is 0 Å². The highest BCUT2D eigenvalue weighted by Crippen LogP contribution is 2.29. The van der Waals surface area contributed by atoms with Crippen LogP contribution in [0.1, 0.15) is 30.2 Å². The fraction of sp³-hybridized carbons (Fsp3) is 0.538. The van der Waals surface area contributed by atoms with E-state index >= 15 is 0 Å². The molecule has 86 valence electrons. The van der Waals surface area contributed by atoms with Gasteiger partial charge in [0.05, 0.1) is 0 Å². The maximum atomic E-state index is 8.70. The lowest BCUT2D eigenvalue weighted by atomic mass is 10.2. The molecule has 1 aliphatic carbocycles. The van der Waals surface area contributed by atoms with Gasteiger partial charge in [-0.15, -0.1) is 11.3 Å². The molecule has 2 rings (SSSR count). The molecule has 16 heavy (non-hydrogen) atoms. The molecule has 1 aliphatic rings. The summed E-state index contributed by atoms with van der Waals surface area (Å²) in [5, 5.41) is 10.8. The smallest absolute Gasteiger partial charge is 0.104 e. The highest BCUT2D eigenvalue weighted by atomic mass is 32.1. The molecule has 0 atom stereocenters. The summed E-state index contributed by atoms with van der Waals surface area (Å²) >= 11 is 1.76. The van der Waals surface area contributed by atoms with E-state index in [-0.39, 0.29) is 6.61 Å². The lowest BCUT2D eigenvalue weighted by Crippen LogP contribution is -2.24. The Morgan fingerprint density at radius 3 is 3.00 bits per heavy atom. The number of nitrogens with zero attached hydrogens (tertiary/aromatic N) is 1. The summed E-state index contributed by atoms with van der Waals surface area (Å²) in [6.45, 7) is 4.27. The van der Waals surface area contributed by atoms with Gasteiger partial charge in [-0.1, -0.05) is 18.8 Å². The van der Waals surface area contributed by atoms with Gasteiger partial charge in [0, 0.05) is 23.0 Å². The standard InChI is InChI=1S/C13H17NOS/c1-2-14(12-5-6-12)10-13-11(4-3-8-15)7-9-16-13/h7,9,12,15H,2,5-6,8,10H2,1H3. The van der Waals surface area contributed by atoms with Crippen LogP contribution >= 0.6 is 11.3 Å². The molecular formula is C13H17NOS. The average Bonchev–Trinajstić information content (AvgIpc) is 3.05. The molecule has 1 fully saturated rings. The number of hydrogen-bond acceptors (Lipinski definition) is 3. The van der Waals surface area contributed by atoms with E-state index in [1.165, 1.54) is 17.7 Å². The predicted molar refractivity (Wildman–Crippen MR) is 67.4 cm³/mol. The molecule has 0 aliphatic heterocycles. The Hall–Kier alpha value is -0.820. The second-order valence-electron chi connectivity index (χ2n) is 4.01. The predicted octanol–water partition coefficient (Wildman–Crippen LogP) is 2.08. The van der Waals surface area contributed by atoms with E-state index in [0.29, 0.717) is 0 Å². The molecule has 0 bridgehead atoms. The van der Waals surface area contributed by atoms with Crippen molar-refractivity contribution in [2.45, 2.75) is 32.4 Å². The molecule has 1 aromatic rings. The van der Waals surface area contributed by atoms with Gasteiger partial charge in [0.15, 0.2) is 0 Å². The van der Waals surface area contributed by atoms with Gasteiger partial charge in [-0.25, -0.2) is 0 Å². The second kappa shape index (κ2) is 5.49. The Morgan fingerprint density at radius 2 is 2.38 bits per heavy atom. The average molecular weight is 235 g/mol. The van der Waals surface area contributed by atoms with Gasteiger partial charge in [0.2, 0.25) is 0 Å². The van der Waals surface area contributed by atoms with E-state index in [4.69, 9.17) is 5.11 Å². The summed E-state index contributed by atoms with van der Waals surface area (Å²) in [6, 6.07) is 2.84. The molecule has 1 saturated carbocycles. The van der Waals surface area contributed by atoms with Crippen LogP contribution in [0.3, 0.4) is 0 Å². The Morgan fingerprint density at radius 1 is 1.56 bits per heavy atom. The van der Waals surface area contributed by atoms with Gasteiger partial charge in [0.25, 0.3) is 0 Å². The Balaban J connectivity index is 2.05. The Labute approximate surface area is 101 Å². The number of hydrogen-bond donors (Lipinski definition) is 1. The van der Waals surface area contributed by atoms with Gasteiger partial charge in [-0.3, -0.25) is 4.90 Å². The molecule has 1 heterocycles. The first-order valence-electron chi connectivity index (χ1n) is 5.75. The minimum Gasteiger partial charge on any atom is -0.384 e. The summed E-state index contributed by atoms with van der Waals surface area (Å²) in [5.41, 5.74) is 1.08. The summed E-state index contributed by atoms with van der Waals surface area (Å²) in [6.07, 6.45) is 2.69. The minimum absolute atomic E-state index is 0.0601. The molecule has 0 aromatic carbocycles. The molecule has 1 aromatic heterocycles. The monoisotopic (exact) mass is 235 g/mol. The number of rotatable bonds is 4. The molecule has 0 unspecified atom stereocenters. The first-order valence-corrected chi connectivity index (χ1v) is 6.63. The number of aliphatic hydroxyl groups excluding tert-OH is 1. The van der Waals surface area contributed by atoms with Crippen LogP contribution in [0.4, 0.5) is 0 Å². The van der Waals surface area contributed by atoms with Crippen molar-refractivity contribution in [2.24, 2.45) is 0 Å². The van der Waals surface area contributed by atoms with E-state index in [1.807, 2.05) is 6.07 Å². The largest absolute Gasteiger partial charge is 0.384 e. The van der Waals surface area contributed by atoms with Gasteiger partial charge < -0.3 is 5.11 Å². The van der Waals surface area contributed by atoms with Crippen molar-refractivity contribution in [3.8, 4) is 11.8 Å². The lowest BCUT2D eigenvalue weighted by Gasteiger charge is -2.18. The van der Waals surface area contributed by atoms with Crippen molar-refractivity contribution < 1.29 is 5.11 Å².